The predicted molar refractivity (Wildman–Crippen MR) is 119 cm³/mol. The van der Waals surface area contributed by atoms with Crippen LogP contribution in [0.5, 0.6) is 5.75 Å². The topological polar surface area (TPSA) is 50.8 Å². The molecule has 1 aliphatic rings. The molecule has 2 aromatic rings. The molecule has 1 aliphatic heterocycles. The van der Waals surface area contributed by atoms with Gasteiger partial charge in [-0.15, -0.1) is 0 Å². The lowest BCUT2D eigenvalue weighted by Gasteiger charge is -2.34. The predicted octanol–water partition coefficient (Wildman–Crippen LogP) is 4.23. The van der Waals surface area contributed by atoms with Crippen LogP contribution in [0.3, 0.4) is 0 Å². The molecule has 0 aliphatic carbocycles. The van der Waals surface area contributed by atoms with Crippen molar-refractivity contribution < 1.29 is 18.7 Å². The van der Waals surface area contributed by atoms with Gasteiger partial charge in [0.2, 0.25) is 5.91 Å². The zero-order chi connectivity index (χ0) is 21.3. The molecule has 3 rings (SSSR count). The number of carbonyl (C=O) groups excluding carboxylic acids is 1. The van der Waals surface area contributed by atoms with Crippen LogP contribution in [-0.4, -0.2) is 49.9 Å². The molecule has 7 heteroatoms. The van der Waals surface area contributed by atoms with Crippen molar-refractivity contribution >= 4 is 27.9 Å². The highest BCUT2D eigenvalue weighted by Gasteiger charge is 2.23. The molecule has 0 saturated carbocycles. The summed E-state index contributed by atoms with van der Waals surface area (Å²) in [6.07, 6.45) is 4.73. The van der Waals surface area contributed by atoms with Crippen LogP contribution >= 0.6 is 15.9 Å². The maximum atomic E-state index is 13.0. The molecule has 1 amide bonds. The summed E-state index contributed by atoms with van der Waals surface area (Å²) in [5.74, 6) is 0.224. The van der Waals surface area contributed by atoms with E-state index in [1.54, 1.807) is 25.3 Å². The van der Waals surface area contributed by atoms with Gasteiger partial charge < -0.3 is 14.8 Å². The molecule has 1 N–H and O–H groups in total. The van der Waals surface area contributed by atoms with Gasteiger partial charge in [-0.3, -0.25) is 9.69 Å². The highest BCUT2D eigenvalue weighted by atomic mass is 79.9. The van der Waals surface area contributed by atoms with E-state index in [2.05, 4.69) is 26.1 Å². The minimum Gasteiger partial charge on any atom is -0.490 e. The van der Waals surface area contributed by atoms with Crippen LogP contribution < -0.4 is 10.1 Å². The van der Waals surface area contributed by atoms with Gasteiger partial charge in [-0.1, -0.05) is 28.1 Å². The number of piperidine rings is 1. The first-order valence-corrected chi connectivity index (χ1v) is 10.7. The van der Waals surface area contributed by atoms with E-state index in [-0.39, 0.29) is 24.1 Å². The SMILES string of the molecule is COC(CN1CCC(Oc2ccc(F)cc2)CC1)NC(=O)/C=C/c1cccc(Br)c1. The molecular weight excluding hydrogens is 451 g/mol. The maximum absolute atomic E-state index is 13.0. The minimum atomic E-state index is -0.390. The molecule has 1 unspecified atom stereocenters. The van der Waals surface area contributed by atoms with Crippen molar-refractivity contribution in [1.82, 2.24) is 10.2 Å². The number of rotatable bonds is 8. The van der Waals surface area contributed by atoms with Crippen molar-refractivity contribution in [2.24, 2.45) is 0 Å². The summed E-state index contributed by atoms with van der Waals surface area (Å²) in [6.45, 7) is 2.29. The fourth-order valence-electron chi connectivity index (χ4n) is 3.32. The number of likely N-dealkylation sites (tertiary alicyclic amines) is 1. The van der Waals surface area contributed by atoms with Crippen LogP contribution in [0, 0.1) is 5.82 Å². The van der Waals surface area contributed by atoms with Crippen molar-refractivity contribution in [3.63, 3.8) is 0 Å². The van der Waals surface area contributed by atoms with Crippen molar-refractivity contribution in [3.05, 3.63) is 70.5 Å². The summed E-state index contributed by atoms with van der Waals surface area (Å²) in [6, 6.07) is 13.8. The number of methoxy groups -OCH3 is 1. The third-order valence-corrected chi connectivity index (χ3v) is 5.43. The quantitative estimate of drug-likeness (QED) is 0.457. The van der Waals surface area contributed by atoms with Gasteiger partial charge in [0.25, 0.3) is 0 Å². The van der Waals surface area contributed by atoms with Crippen molar-refractivity contribution in [2.45, 2.75) is 25.2 Å². The summed E-state index contributed by atoms with van der Waals surface area (Å²) >= 11 is 3.42. The van der Waals surface area contributed by atoms with E-state index in [0.717, 1.165) is 36.0 Å². The fourth-order valence-corrected chi connectivity index (χ4v) is 3.73. The molecule has 1 atom stereocenters. The van der Waals surface area contributed by atoms with Crippen molar-refractivity contribution in [2.75, 3.05) is 26.7 Å². The molecule has 160 valence electrons. The average Bonchev–Trinajstić information content (AvgIpc) is 2.75. The second kappa shape index (κ2) is 11.2. The van der Waals surface area contributed by atoms with Gasteiger partial charge in [0.15, 0.2) is 0 Å². The van der Waals surface area contributed by atoms with Gasteiger partial charge in [-0.2, -0.15) is 0 Å². The lowest BCUT2D eigenvalue weighted by molar-refractivity contribution is -0.120. The third-order valence-electron chi connectivity index (χ3n) is 4.94. The van der Waals surface area contributed by atoms with E-state index in [0.29, 0.717) is 12.3 Å². The molecule has 2 aromatic carbocycles. The molecule has 5 nitrogen and oxygen atoms in total. The highest BCUT2D eigenvalue weighted by Crippen LogP contribution is 2.19. The molecule has 0 bridgehead atoms. The van der Waals surface area contributed by atoms with Gasteiger partial charge in [-0.25, -0.2) is 4.39 Å². The molecular formula is C23H26BrFN2O3. The lowest BCUT2D eigenvalue weighted by atomic mass is 10.1. The second-order valence-corrected chi connectivity index (χ2v) is 8.11. The zero-order valence-electron chi connectivity index (χ0n) is 16.9. The number of nitrogens with zero attached hydrogens (tertiary/aromatic N) is 1. The molecule has 1 heterocycles. The summed E-state index contributed by atoms with van der Waals surface area (Å²) in [5, 5.41) is 2.89. The molecule has 30 heavy (non-hydrogen) atoms. The second-order valence-electron chi connectivity index (χ2n) is 7.19. The number of hydrogen-bond acceptors (Lipinski definition) is 4. The van der Waals surface area contributed by atoms with Crippen LogP contribution in [0.15, 0.2) is 59.1 Å². The Morgan fingerprint density at radius 2 is 2.00 bits per heavy atom. The maximum Gasteiger partial charge on any atom is 0.246 e. The number of carbonyl (C=O) groups is 1. The van der Waals surface area contributed by atoms with Crippen molar-refractivity contribution in [3.8, 4) is 5.75 Å². The minimum absolute atomic E-state index is 0.107. The average molecular weight is 477 g/mol. The van der Waals surface area contributed by atoms with E-state index in [4.69, 9.17) is 9.47 Å². The number of amides is 1. The van der Waals surface area contributed by atoms with Gasteiger partial charge in [0, 0.05) is 37.3 Å². The Hall–Kier alpha value is -2.22. The molecule has 0 radical (unpaired) electrons. The number of ether oxygens (including phenoxy) is 2. The summed E-state index contributed by atoms with van der Waals surface area (Å²) in [7, 11) is 1.59. The van der Waals surface area contributed by atoms with E-state index in [1.165, 1.54) is 18.2 Å². The van der Waals surface area contributed by atoms with Crippen LogP contribution in [0.1, 0.15) is 18.4 Å². The third kappa shape index (κ3) is 7.23. The number of hydrogen-bond donors (Lipinski definition) is 1. The van der Waals surface area contributed by atoms with Crippen LogP contribution in [0.2, 0.25) is 0 Å². The summed E-state index contributed by atoms with van der Waals surface area (Å²) < 4.78 is 25.3. The van der Waals surface area contributed by atoms with Crippen LogP contribution in [0.4, 0.5) is 4.39 Å². The molecule has 1 saturated heterocycles. The first kappa shape index (κ1) is 22.5. The Kier molecular flexibility index (Phi) is 8.42. The van der Waals surface area contributed by atoms with E-state index in [1.807, 2.05) is 24.3 Å². The number of benzene rings is 2. The molecule has 1 fully saturated rings. The summed E-state index contributed by atoms with van der Waals surface area (Å²) in [5.41, 5.74) is 0.941. The standard InChI is InChI=1S/C23H26BrFN2O3/c1-29-23(26-22(28)10-5-17-3-2-4-18(24)15-17)16-27-13-11-21(12-14-27)30-20-8-6-19(25)7-9-20/h2-10,15,21,23H,11-14,16H2,1H3,(H,26,28)/b10-5+. The van der Waals surface area contributed by atoms with Crippen LogP contribution in [-0.2, 0) is 9.53 Å². The van der Waals surface area contributed by atoms with Crippen molar-refractivity contribution in [1.29, 1.82) is 0 Å². The van der Waals surface area contributed by atoms with E-state index < -0.39 is 0 Å². The zero-order valence-corrected chi connectivity index (χ0v) is 18.5. The Morgan fingerprint density at radius 3 is 2.67 bits per heavy atom. The fraction of sp³-hybridized carbons (Fsp3) is 0.348. The van der Waals surface area contributed by atoms with Gasteiger partial charge in [-0.05, 0) is 60.9 Å². The Labute approximate surface area is 185 Å². The van der Waals surface area contributed by atoms with Gasteiger partial charge >= 0.3 is 0 Å². The normalized spacial score (nSPS) is 16.5. The Bertz CT molecular complexity index is 852. The number of halogens is 2. The highest BCUT2D eigenvalue weighted by molar-refractivity contribution is 9.10. The van der Waals surface area contributed by atoms with E-state index in [9.17, 15) is 9.18 Å². The summed E-state index contributed by atoms with van der Waals surface area (Å²) in [4.78, 5) is 14.5. The largest absolute Gasteiger partial charge is 0.490 e. The monoisotopic (exact) mass is 476 g/mol. The smallest absolute Gasteiger partial charge is 0.246 e. The Morgan fingerprint density at radius 1 is 1.27 bits per heavy atom. The first-order valence-electron chi connectivity index (χ1n) is 9.93. The molecule has 0 spiro atoms. The van der Waals surface area contributed by atoms with Crippen LogP contribution in [0.25, 0.3) is 6.08 Å². The van der Waals surface area contributed by atoms with E-state index >= 15 is 0 Å². The first-order chi connectivity index (χ1) is 14.5. The number of nitrogens with one attached hydrogen (secondary N) is 1. The molecule has 0 aromatic heterocycles. The Balaban J connectivity index is 1.42. The van der Waals surface area contributed by atoms with Gasteiger partial charge in [0.05, 0.1) is 0 Å². The van der Waals surface area contributed by atoms with Gasteiger partial charge in [0.1, 0.15) is 23.9 Å². The lowest BCUT2D eigenvalue weighted by Crippen LogP contribution is -2.48.